The predicted molar refractivity (Wildman–Crippen MR) is 79.5 cm³/mol. The summed E-state index contributed by atoms with van der Waals surface area (Å²) in [6, 6.07) is 12.7. The average Bonchev–Trinajstić information content (AvgIpc) is 3.01. The van der Waals surface area contributed by atoms with Crippen molar-refractivity contribution in [2.45, 2.75) is 19.4 Å². The van der Waals surface area contributed by atoms with Crippen LogP contribution in [0.5, 0.6) is 0 Å². The Morgan fingerprint density at radius 3 is 2.68 bits per heavy atom. The Bertz CT molecular complexity index is 519. The zero-order chi connectivity index (χ0) is 12.9. The van der Waals surface area contributed by atoms with Gasteiger partial charge in [0.25, 0.3) is 0 Å². The maximum absolute atomic E-state index is 4.12. The highest BCUT2D eigenvalue weighted by Gasteiger charge is 2.14. The molecule has 19 heavy (non-hydrogen) atoms. The second-order valence-electron chi connectivity index (χ2n) is 4.92. The largest absolute Gasteiger partial charge is 0.380 e. The van der Waals surface area contributed by atoms with Gasteiger partial charge in [-0.3, -0.25) is 4.98 Å². The van der Waals surface area contributed by atoms with E-state index >= 15 is 0 Å². The minimum Gasteiger partial charge on any atom is -0.380 e. The van der Waals surface area contributed by atoms with E-state index in [2.05, 4.69) is 39.5 Å². The van der Waals surface area contributed by atoms with Crippen molar-refractivity contribution in [3.8, 4) is 0 Å². The highest BCUT2D eigenvalue weighted by molar-refractivity contribution is 5.55. The SMILES string of the molecule is c1cncc(NCc2ccccc2N2CCCC2)c1. The van der Waals surface area contributed by atoms with Crippen LogP contribution in [0.2, 0.25) is 0 Å². The molecule has 1 aromatic heterocycles. The molecule has 2 heterocycles. The zero-order valence-corrected chi connectivity index (χ0v) is 11.0. The molecule has 0 spiro atoms. The topological polar surface area (TPSA) is 28.2 Å². The summed E-state index contributed by atoms with van der Waals surface area (Å²) in [5.74, 6) is 0. The summed E-state index contributed by atoms with van der Waals surface area (Å²) >= 11 is 0. The van der Waals surface area contributed by atoms with E-state index in [1.54, 1.807) is 6.20 Å². The normalized spacial score (nSPS) is 14.6. The molecule has 1 saturated heterocycles. The van der Waals surface area contributed by atoms with Gasteiger partial charge in [0.1, 0.15) is 0 Å². The number of para-hydroxylation sites is 1. The van der Waals surface area contributed by atoms with E-state index < -0.39 is 0 Å². The van der Waals surface area contributed by atoms with Crippen LogP contribution in [-0.4, -0.2) is 18.1 Å². The molecule has 1 fully saturated rings. The van der Waals surface area contributed by atoms with Crippen LogP contribution in [0.25, 0.3) is 0 Å². The van der Waals surface area contributed by atoms with Crippen molar-refractivity contribution in [1.82, 2.24) is 4.98 Å². The maximum atomic E-state index is 4.12. The lowest BCUT2D eigenvalue weighted by atomic mass is 10.1. The maximum Gasteiger partial charge on any atom is 0.0529 e. The lowest BCUT2D eigenvalue weighted by molar-refractivity contribution is 0.949. The van der Waals surface area contributed by atoms with E-state index in [4.69, 9.17) is 0 Å². The molecule has 0 aliphatic carbocycles. The second kappa shape index (κ2) is 5.74. The van der Waals surface area contributed by atoms with Crippen molar-refractivity contribution in [3.05, 3.63) is 54.4 Å². The molecule has 0 saturated carbocycles. The molecule has 3 heteroatoms. The molecular formula is C16H19N3. The van der Waals surface area contributed by atoms with Gasteiger partial charge in [-0.15, -0.1) is 0 Å². The second-order valence-corrected chi connectivity index (χ2v) is 4.92. The third-order valence-corrected chi connectivity index (χ3v) is 3.58. The molecule has 0 amide bonds. The number of hydrogen-bond donors (Lipinski definition) is 1. The van der Waals surface area contributed by atoms with Crippen molar-refractivity contribution < 1.29 is 0 Å². The van der Waals surface area contributed by atoms with Crippen LogP contribution in [0, 0.1) is 0 Å². The highest BCUT2D eigenvalue weighted by Crippen LogP contribution is 2.25. The molecule has 3 nitrogen and oxygen atoms in total. The van der Waals surface area contributed by atoms with Gasteiger partial charge in [0.2, 0.25) is 0 Å². The van der Waals surface area contributed by atoms with Crippen LogP contribution in [-0.2, 0) is 6.54 Å². The van der Waals surface area contributed by atoms with Crippen molar-refractivity contribution >= 4 is 11.4 Å². The molecule has 1 aromatic carbocycles. The Labute approximate surface area is 114 Å². The molecule has 98 valence electrons. The summed E-state index contributed by atoms with van der Waals surface area (Å²) in [5.41, 5.74) is 3.79. The number of rotatable bonds is 4. The molecule has 0 atom stereocenters. The number of benzene rings is 1. The average molecular weight is 253 g/mol. The number of hydrogen-bond acceptors (Lipinski definition) is 3. The van der Waals surface area contributed by atoms with Gasteiger partial charge < -0.3 is 10.2 Å². The molecule has 0 unspecified atom stereocenters. The minimum atomic E-state index is 0.846. The Morgan fingerprint density at radius 2 is 1.89 bits per heavy atom. The standard InChI is InChI=1S/C16H19N3/c1-2-8-16(19-10-3-4-11-19)14(6-1)12-18-15-7-5-9-17-13-15/h1-2,5-9,13,18H,3-4,10-12H2. The number of pyridine rings is 1. The first kappa shape index (κ1) is 12.0. The molecule has 2 aromatic rings. The van der Waals surface area contributed by atoms with Crippen LogP contribution in [0.15, 0.2) is 48.8 Å². The van der Waals surface area contributed by atoms with Crippen LogP contribution >= 0.6 is 0 Å². The van der Waals surface area contributed by atoms with Crippen LogP contribution in [0.4, 0.5) is 11.4 Å². The fraction of sp³-hybridized carbons (Fsp3) is 0.312. The Hall–Kier alpha value is -2.03. The van der Waals surface area contributed by atoms with Crippen molar-refractivity contribution in [2.24, 2.45) is 0 Å². The Balaban J connectivity index is 1.73. The first-order valence-corrected chi connectivity index (χ1v) is 6.90. The molecule has 0 bridgehead atoms. The lowest BCUT2D eigenvalue weighted by Crippen LogP contribution is -2.19. The summed E-state index contributed by atoms with van der Waals surface area (Å²) in [6.07, 6.45) is 6.27. The quantitative estimate of drug-likeness (QED) is 0.906. The Morgan fingerprint density at radius 1 is 1.05 bits per heavy atom. The van der Waals surface area contributed by atoms with Crippen molar-refractivity contribution in [1.29, 1.82) is 0 Å². The van der Waals surface area contributed by atoms with Crippen molar-refractivity contribution in [2.75, 3.05) is 23.3 Å². The fourth-order valence-corrected chi connectivity index (χ4v) is 2.59. The molecule has 1 aliphatic rings. The first-order valence-electron chi connectivity index (χ1n) is 6.90. The summed E-state index contributed by atoms with van der Waals surface area (Å²) in [4.78, 5) is 6.61. The Kier molecular flexibility index (Phi) is 3.63. The summed E-state index contributed by atoms with van der Waals surface area (Å²) < 4.78 is 0. The van der Waals surface area contributed by atoms with Gasteiger partial charge in [-0.25, -0.2) is 0 Å². The monoisotopic (exact) mass is 253 g/mol. The van der Waals surface area contributed by atoms with Gasteiger partial charge in [-0.2, -0.15) is 0 Å². The first-order chi connectivity index (χ1) is 9.43. The molecule has 3 rings (SSSR count). The molecule has 0 radical (unpaired) electrons. The predicted octanol–water partition coefficient (Wildman–Crippen LogP) is 3.29. The van der Waals surface area contributed by atoms with E-state index in [1.165, 1.54) is 37.2 Å². The highest BCUT2D eigenvalue weighted by atomic mass is 15.1. The van der Waals surface area contributed by atoms with E-state index in [1.807, 2.05) is 18.3 Å². The number of nitrogens with one attached hydrogen (secondary N) is 1. The van der Waals surface area contributed by atoms with Gasteiger partial charge in [0.05, 0.1) is 5.69 Å². The summed E-state index contributed by atoms with van der Waals surface area (Å²) in [6.45, 7) is 3.21. The van der Waals surface area contributed by atoms with Crippen LogP contribution in [0.3, 0.4) is 0 Å². The van der Waals surface area contributed by atoms with E-state index in [0.29, 0.717) is 0 Å². The van der Waals surface area contributed by atoms with E-state index in [0.717, 1.165) is 12.2 Å². The third-order valence-electron chi connectivity index (χ3n) is 3.58. The number of nitrogens with zero attached hydrogens (tertiary/aromatic N) is 2. The van der Waals surface area contributed by atoms with Gasteiger partial charge in [-0.05, 0) is 36.6 Å². The van der Waals surface area contributed by atoms with Gasteiger partial charge in [-0.1, -0.05) is 18.2 Å². The zero-order valence-electron chi connectivity index (χ0n) is 11.0. The summed E-state index contributed by atoms with van der Waals surface area (Å²) in [5, 5.41) is 3.44. The summed E-state index contributed by atoms with van der Waals surface area (Å²) in [7, 11) is 0. The number of aromatic nitrogens is 1. The third kappa shape index (κ3) is 2.87. The number of anilines is 2. The lowest BCUT2D eigenvalue weighted by Gasteiger charge is -2.21. The molecule has 1 aliphatic heterocycles. The van der Waals surface area contributed by atoms with Crippen LogP contribution < -0.4 is 10.2 Å². The minimum absolute atomic E-state index is 0.846. The fourth-order valence-electron chi connectivity index (χ4n) is 2.59. The van der Waals surface area contributed by atoms with Gasteiger partial charge >= 0.3 is 0 Å². The van der Waals surface area contributed by atoms with E-state index in [9.17, 15) is 0 Å². The van der Waals surface area contributed by atoms with E-state index in [-0.39, 0.29) is 0 Å². The molecule has 1 N–H and O–H groups in total. The van der Waals surface area contributed by atoms with Gasteiger partial charge in [0, 0.05) is 37.7 Å². The van der Waals surface area contributed by atoms with Gasteiger partial charge in [0.15, 0.2) is 0 Å². The van der Waals surface area contributed by atoms with Crippen LogP contribution in [0.1, 0.15) is 18.4 Å². The molecular weight excluding hydrogens is 234 g/mol. The smallest absolute Gasteiger partial charge is 0.0529 e. The van der Waals surface area contributed by atoms with Crippen molar-refractivity contribution in [3.63, 3.8) is 0 Å².